The van der Waals surface area contributed by atoms with Gasteiger partial charge in [-0.15, -0.1) is 0 Å². The molecule has 28 heavy (non-hydrogen) atoms. The summed E-state index contributed by atoms with van der Waals surface area (Å²) in [6.45, 7) is 4.03. The molecule has 0 nitrogen and oxygen atoms in total. The Kier molecular flexibility index (Phi) is 7.20. The Balaban J connectivity index is 1.63. The molecule has 0 aliphatic heterocycles. The van der Waals surface area contributed by atoms with Gasteiger partial charge in [0.15, 0.2) is 11.6 Å². The van der Waals surface area contributed by atoms with E-state index in [0.717, 1.165) is 24.3 Å². The average molecular weight is 389 g/mol. The quantitative estimate of drug-likeness (QED) is 0.460. The summed E-state index contributed by atoms with van der Waals surface area (Å²) in [5, 5.41) is 0. The predicted octanol–water partition coefficient (Wildman–Crippen LogP) is 7.53. The highest BCUT2D eigenvalue weighted by atomic mass is 19.2. The van der Waals surface area contributed by atoms with Crippen LogP contribution in [0.5, 0.6) is 0 Å². The maximum atomic E-state index is 14.6. The van der Waals surface area contributed by atoms with Crippen LogP contribution in [0.15, 0.2) is 30.3 Å². The standard InChI is InChI=1S/C25H31F3/c1-3-5-17-6-8-19(9-7-17)22-15-12-20(23(26)16-22)11-14-21-13-10-18(4-2)24(27)25(21)28/h10,12-13,15-17,19H,3-9,11,14H2,1-2H3. The smallest absolute Gasteiger partial charge is 0.162 e. The number of benzene rings is 2. The fraction of sp³-hybridized carbons (Fsp3) is 0.520. The van der Waals surface area contributed by atoms with Crippen molar-refractivity contribution in [2.75, 3.05) is 0 Å². The van der Waals surface area contributed by atoms with Crippen molar-refractivity contribution in [1.29, 1.82) is 0 Å². The van der Waals surface area contributed by atoms with E-state index in [1.807, 2.05) is 12.1 Å². The van der Waals surface area contributed by atoms with Gasteiger partial charge in [-0.25, -0.2) is 13.2 Å². The highest BCUT2D eigenvalue weighted by Gasteiger charge is 2.22. The molecule has 3 rings (SSSR count). The van der Waals surface area contributed by atoms with Crippen molar-refractivity contribution in [1.82, 2.24) is 0 Å². The van der Waals surface area contributed by atoms with Crippen LogP contribution in [0.2, 0.25) is 0 Å². The molecule has 0 amide bonds. The van der Waals surface area contributed by atoms with Gasteiger partial charge in [0.25, 0.3) is 0 Å². The van der Waals surface area contributed by atoms with E-state index in [4.69, 9.17) is 0 Å². The fourth-order valence-electron chi connectivity index (χ4n) is 4.58. The molecule has 2 aromatic carbocycles. The third kappa shape index (κ3) is 4.79. The average Bonchev–Trinajstić information content (AvgIpc) is 2.71. The summed E-state index contributed by atoms with van der Waals surface area (Å²) in [6, 6.07) is 8.77. The zero-order valence-corrected chi connectivity index (χ0v) is 17.0. The second-order valence-corrected chi connectivity index (χ2v) is 8.22. The van der Waals surface area contributed by atoms with Gasteiger partial charge in [-0.1, -0.05) is 51.0 Å². The second kappa shape index (κ2) is 9.62. The van der Waals surface area contributed by atoms with Crippen molar-refractivity contribution in [3.05, 3.63) is 70.0 Å². The lowest BCUT2D eigenvalue weighted by molar-refractivity contribution is 0.308. The van der Waals surface area contributed by atoms with Crippen LogP contribution in [0.1, 0.15) is 80.5 Å². The number of aryl methyl sites for hydroxylation is 3. The van der Waals surface area contributed by atoms with Gasteiger partial charge in [0.05, 0.1) is 0 Å². The van der Waals surface area contributed by atoms with Crippen molar-refractivity contribution in [2.24, 2.45) is 5.92 Å². The minimum atomic E-state index is -0.791. The van der Waals surface area contributed by atoms with E-state index in [2.05, 4.69) is 6.92 Å². The predicted molar refractivity (Wildman–Crippen MR) is 109 cm³/mol. The lowest BCUT2D eigenvalue weighted by Crippen LogP contribution is -2.13. The van der Waals surface area contributed by atoms with Crippen molar-refractivity contribution in [3.63, 3.8) is 0 Å². The molecule has 0 atom stereocenters. The Morgan fingerprint density at radius 2 is 1.39 bits per heavy atom. The first-order chi connectivity index (χ1) is 13.5. The van der Waals surface area contributed by atoms with Gasteiger partial charge in [-0.2, -0.15) is 0 Å². The first kappa shape index (κ1) is 21.0. The van der Waals surface area contributed by atoms with Crippen molar-refractivity contribution < 1.29 is 13.2 Å². The van der Waals surface area contributed by atoms with E-state index in [1.165, 1.54) is 25.7 Å². The van der Waals surface area contributed by atoms with Gasteiger partial charge in [-0.3, -0.25) is 0 Å². The molecule has 0 heterocycles. The maximum Gasteiger partial charge on any atom is 0.162 e. The molecular weight excluding hydrogens is 357 g/mol. The summed E-state index contributed by atoms with van der Waals surface area (Å²) in [4.78, 5) is 0. The molecule has 0 unspecified atom stereocenters. The van der Waals surface area contributed by atoms with Gasteiger partial charge >= 0.3 is 0 Å². The van der Waals surface area contributed by atoms with Crippen molar-refractivity contribution in [2.45, 2.75) is 77.6 Å². The Bertz CT molecular complexity index is 789. The number of hydrogen-bond acceptors (Lipinski definition) is 0. The van der Waals surface area contributed by atoms with Crippen LogP contribution in [0.4, 0.5) is 13.2 Å². The van der Waals surface area contributed by atoms with E-state index in [-0.39, 0.29) is 5.82 Å². The third-order valence-electron chi connectivity index (χ3n) is 6.38. The molecular formula is C25H31F3. The lowest BCUT2D eigenvalue weighted by Gasteiger charge is -2.28. The normalized spacial score (nSPS) is 19.8. The third-order valence-corrected chi connectivity index (χ3v) is 6.38. The fourth-order valence-corrected chi connectivity index (χ4v) is 4.58. The molecule has 1 aliphatic carbocycles. The zero-order valence-electron chi connectivity index (χ0n) is 17.0. The second-order valence-electron chi connectivity index (χ2n) is 8.22. The minimum absolute atomic E-state index is 0.223. The zero-order chi connectivity index (χ0) is 20.1. The molecule has 152 valence electrons. The Morgan fingerprint density at radius 1 is 0.786 bits per heavy atom. The molecule has 0 saturated heterocycles. The van der Waals surface area contributed by atoms with E-state index in [9.17, 15) is 13.2 Å². The van der Waals surface area contributed by atoms with Gasteiger partial charge in [0, 0.05) is 0 Å². The first-order valence-corrected chi connectivity index (χ1v) is 10.8. The Labute approximate surface area is 167 Å². The summed E-state index contributed by atoms with van der Waals surface area (Å²) in [5.74, 6) is -0.501. The summed E-state index contributed by atoms with van der Waals surface area (Å²) in [5.41, 5.74) is 2.35. The molecule has 0 spiro atoms. The van der Waals surface area contributed by atoms with E-state index in [0.29, 0.717) is 41.9 Å². The van der Waals surface area contributed by atoms with Crippen LogP contribution in [0.3, 0.4) is 0 Å². The number of rotatable bonds is 7. The van der Waals surface area contributed by atoms with Crippen LogP contribution in [-0.2, 0) is 19.3 Å². The maximum absolute atomic E-state index is 14.6. The summed E-state index contributed by atoms with van der Waals surface area (Å²) in [7, 11) is 0. The first-order valence-electron chi connectivity index (χ1n) is 10.8. The van der Waals surface area contributed by atoms with Gasteiger partial charge in [-0.05, 0) is 85.1 Å². The summed E-state index contributed by atoms with van der Waals surface area (Å²) < 4.78 is 42.8. The van der Waals surface area contributed by atoms with Gasteiger partial charge < -0.3 is 0 Å². The molecule has 1 fully saturated rings. The molecule has 1 saturated carbocycles. The molecule has 0 aromatic heterocycles. The SMILES string of the molecule is CCCC1CCC(c2ccc(CCc3ccc(CC)c(F)c3F)c(F)c2)CC1. The number of halogens is 3. The molecule has 3 heteroatoms. The van der Waals surface area contributed by atoms with Crippen LogP contribution in [-0.4, -0.2) is 0 Å². The highest BCUT2D eigenvalue weighted by Crippen LogP contribution is 2.38. The molecule has 0 N–H and O–H groups in total. The monoisotopic (exact) mass is 388 g/mol. The van der Waals surface area contributed by atoms with E-state index < -0.39 is 11.6 Å². The summed E-state index contributed by atoms with van der Waals surface area (Å²) >= 11 is 0. The van der Waals surface area contributed by atoms with E-state index in [1.54, 1.807) is 25.1 Å². The molecule has 0 bridgehead atoms. The van der Waals surface area contributed by atoms with Crippen molar-refractivity contribution >= 4 is 0 Å². The number of hydrogen-bond donors (Lipinski definition) is 0. The Morgan fingerprint density at radius 3 is 2.04 bits per heavy atom. The van der Waals surface area contributed by atoms with Crippen LogP contribution < -0.4 is 0 Å². The topological polar surface area (TPSA) is 0 Å². The van der Waals surface area contributed by atoms with Gasteiger partial charge in [0.1, 0.15) is 5.82 Å². The summed E-state index contributed by atoms with van der Waals surface area (Å²) in [6.07, 6.45) is 8.42. The highest BCUT2D eigenvalue weighted by molar-refractivity contribution is 5.30. The van der Waals surface area contributed by atoms with Crippen molar-refractivity contribution in [3.8, 4) is 0 Å². The molecule has 0 radical (unpaired) electrons. The van der Waals surface area contributed by atoms with Crippen LogP contribution >= 0.6 is 0 Å². The lowest BCUT2D eigenvalue weighted by atomic mass is 9.77. The Hall–Kier alpha value is -1.77. The van der Waals surface area contributed by atoms with Gasteiger partial charge in [0.2, 0.25) is 0 Å². The molecule has 1 aliphatic rings. The van der Waals surface area contributed by atoms with Crippen LogP contribution in [0.25, 0.3) is 0 Å². The largest absolute Gasteiger partial charge is 0.207 e. The van der Waals surface area contributed by atoms with Crippen LogP contribution in [0, 0.1) is 23.4 Å². The minimum Gasteiger partial charge on any atom is -0.207 e. The van der Waals surface area contributed by atoms with E-state index >= 15 is 0 Å². The molecule has 2 aromatic rings.